The Labute approximate surface area is 139 Å². The second-order valence-corrected chi connectivity index (χ2v) is 5.97. The summed E-state index contributed by atoms with van der Waals surface area (Å²) >= 11 is 3.30. The van der Waals surface area contributed by atoms with E-state index >= 15 is 0 Å². The normalized spacial score (nSPS) is 18.1. The van der Waals surface area contributed by atoms with Crippen molar-refractivity contribution in [2.24, 2.45) is 0 Å². The van der Waals surface area contributed by atoms with E-state index in [-0.39, 0.29) is 18.9 Å². The molecule has 8 nitrogen and oxygen atoms in total. The van der Waals surface area contributed by atoms with Crippen LogP contribution in [-0.4, -0.2) is 57.5 Å². The van der Waals surface area contributed by atoms with Crippen molar-refractivity contribution in [1.82, 2.24) is 14.7 Å². The van der Waals surface area contributed by atoms with Crippen LogP contribution in [0.2, 0.25) is 0 Å². The molecule has 1 amide bonds. The SMILES string of the molecule is O=C(O)C1COCCN1C(=O)c1ccc(Cn2cc(Br)cn2)o1. The molecule has 3 heterocycles. The quantitative estimate of drug-likeness (QED) is 0.851. The molecule has 1 N–H and O–H groups in total. The van der Waals surface area contributed by atoms with E-state index in [0.717, 1.165) is 4.47 Å². The van der Waals surface area contributed by atoms with Gasteiger partial charge in [0.1, 0.15) is 5.76 Å². The highest BCUT2D eigenvalue weighted by Crippen LogP contribution is 2.17. The molecule has 0 bridgehead atoms. The number of ether oxygens (including phenoxy) is 1. The maximum Gasteiger partial charge on any atom is 0.328 e. The van der Waals surface area contributed by atoms with E-state index in [2.05, 4.69) is 21.0 Å². The number of aliphatic carboxylic acids is 1. The standard InChI is InChI=1S/C14H14BrN3O5/c15-9-5-16-17(6-9)7-10-1-2-12(23-10)13(19)18-3-4-22-8-11(18)14(20)21/h1-2,5-6,11H,3-4,7-8H2,(H,20,21). The summed E-state index contributed by atoms with van der Waals surface area (Å²) in [4.78, 5) is 25.0. The zero-order valence-corrected chi connectivity index (χ0v) is 13.6. The van der Waals surface area contributed by atoms with Crippen molar-refractivity contribution in [3.05, 3.63) is 40.5 Å². The van der Waals surface area contributed by atoms with Crippen LogP contribution in [0, 0.1) is 0 Å². The molecular formula is C14H14BrN3O5. The lowest BCUT2D eigenvalue weighted by molar-refractivity contribution is -0.147. The van der Waals surface area contributed by atoms with Crippen LogP contribution < -0.4 is 0 Å². The fourth-order valence-corrected chi connectivity index (χ4v) is 2.68. The predicted molar refractivity (Wildman–Crippen MR) is 81.0 cm³/mol. The van der Waals surface area contributed by atoms with Gasteiger partial charge < -0.3 is 19.2 Å². The van der Waals surface area contributed by atoms with Gasteiger partial charge in [0.25, 0.3) is 5.91 Å². The number of carbonyl (C=O) groups is 2. The van der Waals surface area contributed by atoms with Gasteiger partial charge in [-0.15, -0.1) is 0 Å². The Morgan fingerprint density at radius 2 is 2.26 bits per heavy atom. The van der Waals surface area contributed by atoms with Crippen LogP contribution in [0.5, 0.6) is 0 Å². The van der Waals surface area contributed by atoms with Crippen LogP contribution in [0.25, 0.3) is 0 Å². The summed E-state index contributed by atoms with van der Waals surface area (Å²) < 4.78 is 13.2. The first-order chi connectivity index (χ1) is 11.0. The maximum atomic E-state index is 12.5. The van der Waals surface area contributed by atoms with Crippen molar-refractivity contribution in [3.63, 3.8) is 0 Å². The molecule has 1 atom stereocenters. The molecular weight excluding hydrogens is 370 g/mol. The number of furan rings is 1. The monoisotopic (exact) mass is 383 g/mol. The van der Waals surface area contributed by atoms with E-state index in [9.17, 15) is 14.7 Å². The summed E-state index contributed by atoms with van der Waals surface area (Å²) in [6.45, 7) is 0.892. The third-order valence-corrected chi connectivity index (χ3v) is 3.88. The lowest BCUT2D eigenvalue weighted by Gasteiger charge is -2.32. The van der Waals surface area contributed by atoms with E-state index in [1.807, 2.05) is 0 Å². The molecule has 0 aromatic carbocycles. The molecule has 0 radical (unpaired) electrons. The van der Waals surface area contributed by atoms with Gasteiger partial charge >= 0.3 is 5.97 Å². The minimum Gasteiger partial charge on any atom is -0.480 e. The van der Waals surface area contributed by atoms with Gasteiger partial charge in [0.05, 0.1) is 30.4 Å². The van der Waals surface area contributed by atoms with E-state index in [0.29, 0.717) is 18.9 Å². The summed E-state index contributed by atoms with van der Waals surface area (Å²) in [5, 5.41) is 13.3. The van der Waals surface area contributed by atoms with E-state index < -0.39 is 17.9 Å². The minimum atomic E-state index is -1.09. The van der Waals surface area contributed by atoms with Gasteiger partial charge in [0.15, 0.2) is 11.8 Å². The lowest BCUT2D eigenvalue weighted by atomic mass is 10.2. The number of hydrogen-bond acceptors (Lipinski definition) is 5. The van der Waals surface area contributed by atoms with Crippen LogP contribution in [-0.2, 0) is 16.1 Å². The third-order valence-electron chi connectivity index (χ3n) is 3.47. The molecule has 23 heavy (non-hydrogen) atoms. The van der Waals surface area contributed by atoms with Gasteiger partial charge in [-0.05, 0) is 28.1 Å². The molecule has 2 aromatic rings. The number of halogens is 1. The Morgan fingerprint density at radius 3 is 2.96 bits per heavy atom. The minimum absolute atomic E-state index is 0.0179. The lowest BCUT2D eigenvalue weighted by Crippen LogP contribution is -2.52. The highest BCUT2D eigenvalue weighted by molar-refractivity contribution is 9.10. The van der Waals surface area contributed by atoms with Crippen molar-refractivity contribution >= 4 is 27.8 Å². The van der Waals surface area contributed by atoms with E-state index in [1.54, 1.807) is 29.2 Å². The van der Waals surface area contributed by atoms with Crippen molar-refractivity contribution in [2.45, 2.75) is 12.6 Å². The molecule has 2 aromatic heterocycles. The van der Waals surface area contributed by atoms with Gasteiger partial charge in [-0.1, -0.05) is 0 Å². The first-order valence-electron chi connectivity index (χ1n) is 6.93. The molecule has 0 spiro atoms. The molecule has 3 rings (SSSR count). The fourth-order valence-electron chi connectivity index (χ4n) is 2.36. The van der Waals surface area contributed by atoms with E-state index in [4.69, 9.17) is 9.15 Å². The van der Waals surface area contributed by atoms with Crippen molar-refractivity contribution in [2.75, 3.05) is 19.8 Å². The van der Waals surface area contributed by atoms with Gasteiger partial charge in [0, 0.05) is 12.7 Å². The maximum absolute atomic E-state index is 12.5. The fraction of sp³-hybridized carbons (Fsp3) is 0.357. The number of hydrogen-bond donors (Lipinski definition) is 1. The van der Waals surface area contributed by atoms with E-state index in [1.165, 1.54) is 4.90 Å². The van der Waals surface area contributed by atoms with Gasteiger partial charge in [-0.3, -0.25) is 9.48 Å². The van der Waals surface area contributed by atoms with Crippen LogP contribution in [0.4, 0.5) is 0 Å². The Bertz CT molecular complexity index is 726. The Kier molecular flexibility index (Phi) is 4.49. The topological polar surface area (TPSA) is 97.8 Å². The number of rotatable bonds is 4. The average molecular weight is 384 g/mol. The second-order valence-electron chi connectivity index (χ2n) is 5.05. The summed E-state index contributed by atoms with van der Waals surface area (Å²) in [7, 11) is 0. The third kappa shape index (κ3) is 3.45. The molecule has 122 valence electrons. The zero-order chi connectivity index (χ0) is 16.4. The largest absolute Gasteiger partial charge is 0.480 e. The summed E-state index contributed by atoms with van der Waals surface area (Å²) in [5.74, 6) is -0.872. The zero-order valence-electron chi connectivity index (χ0n) is 12.0. The smallest absolute Gasteiger partial charge is 0.328 e. The molecule has 9 heteroatoms. The number of aromatic nitrogens is 2. The van der Waals surface area contributed by atoms with Gasteiger partial charge in [-0.2, -0.15) is 5.10 Å². The van der Waals surface area contributed by atoms with Crippen LogP contribution in [0.15, 0.2) is 33.4 Å². The summed E-state index contributed by atoms with van der Waals surface area (Å²) in [5.41, 5.74) is 0. The Hall–Kier alpha value is -2.13. The number of carboxylic acids is 1. The highest BCUT2D eigenvalue weighted by atomic mass is 79.9. The molecule has 1 unspecified atom stereocenters. The molecule has 1 fully saturated rings. The van der Waals surface area contributed by atoms with Crippen molar-refractivity contribution in [1.29, 1.82) is 0 Å². The second kappa shape index (κ2) is 6.55. The van der Waals surface area contributed by atoms with Gasteiger partial charge in [-0.25, -0.2) is 4.79 Å². The number of amides is 1. The number of carboxylic acid groups (broad SMARTS) is 1. The highest BCUT2D eigenvalue weighted by Gasteiger charge is 2.34. The Balaban J connectivity index is 1.73. The van der Waals surface area contributed by atoms with Gasteiger partial charge in [0.2, 0.25) is 0 Å². The first-order valence-corrected chi connectivity index (χ1v) is 7.72. The van der Waals surface area contributed by atoms with Crippen LogP contribution >= 0.6 is 15.9 Å². The number of carbonyl (C=O) groups excluding carboxylic acids is 1. The predicted octanol–water partition coefficient (Wildman–Crippen LogP) is 1.21. The number of morpholine rings is 1. The summed E-state index contributed by atoms with van der Waals surface area (Å²) in [6.07, 6.45) is 3.44. The van der Waals surface area contributed by atoms with Crippen LogP contribution in [0.1, 0.15) is 16.3 Å². The summed E-state index contributed by atoms with van der Waals surface area (Å²) in [6, 6.07) is 2.23. The molecule has 0 aliphatic carbocycles. The van der Waals surface area contributed by atoms with Crippen LogP contribution in [0.3, 0.4) is 0 Å². The first kappa shape index (κ1) is 15.8. The molecule has 1 aliphatic rings. The molecule has 1 aliphatic heterocycles. The van der Waals surface area contributed by atoms with Crippen molar-refractivity contribution in [3.8, 4) is 0 Å². The number of nitrogens with zero attached hydrogens (tertiary/aromatic N) is 3. The van der Waals surface area contributed by atoms with Crippen molar-refractivity contribution < 1.29 is 23.8 Å². The molecule has 1 saturated heterocycles. The Morgan fingerprint density at radius 1 is 1.43 bits per heavy atom. The molecule has 0 saturated carbocycles. The average Bonchev–Trinajstić information content (AvgIpc) is 3.16.